The largest absolute Gasteiger partial charge is 0.481 e. The van der Waals surface area contributed by atoms with E-state index in [2.05, 4.69) is 0 Å². The Hall–Kier alpha value is -0.970. The van der Waals surface area contributed by atoms with Gasteiger partial charge in [0.1, 0.15) is 0 Å². The molecule has 0 amide bonds. The van der Waals surface area contributed by atoms with Crippen LogP contribution in [0.1, 0.15) is 35.6 Å². The van der Waals surface area contributed by atoms with E-state index in [1.165, 1.54) is 31.3 Å². The molecule has 17 heavy (non-hydrogen) atoms. The fourth-order valence-electron chi connectivity index (χ4n) is 1.72. The summed E-state index contributed by atoms with van der Waals surface area (Å²) in [6, 6.07) is 1.44. The maximum Gasteiger partial charge on any atom is 0.309 e. The van der Waals surface area contributed by atoms with E-state index in [9.17, 15) is 13.6 Å². The number of carboxylic acids is 1. The highest BCUT2D eigenvalue weighted by Gasteiger charge is 2.43. The summed E-state index contributed by atoms with van der Waals surface area (Å²) in [7, 11) is 0. The third-order valence-corrected chi connectivity index (χ3v) is 3.64. The van der Waals surface area contributed by atoms with E-state index >= 15 is 0 Å². The monoisotopic (exact) mass is 262 g/mol. The number of carboxylic acid groups (broad SMARTS) is 1. The van der Waals surface area contributed by atoms with Crippen LogP contribution in [0.3, 0.4) is 0 Å². The van der Waals surface area contributed by atoms with Gasteiger partial charge < -0.3 is 5.11 Å². The Balaban J connectivity index is 3.04. The van der Waals surface area contributed by atoms with E-state index in [0.717, 1.165) is 4.88 Å². The molecule has 0 aliphatic heterocycles. The summed E-state index contributed by atoms with van der Waals surface area (Å²) in [6.07, 6.45) is -0.688. The van der Waals surface area contributed by atoms with Crippen LogP contribution in [-0.4, -0.2) is 11.1 Å². The molecule has 0 aromatic carbocycles. The second-order valence-corrected chi connectivity index (χ2v) is 6.36. The maximum atomic E-state index is 14.0. The van der Waals surface area contributed by atoms with Crippen LogP contribution < -0.4 is 0 Å². The lowest BCUT2D eigenvalue weighted by Crippen LogP contribution is -2.31. The van der Waals surface area contributed by atoms with E-state index in [0.29, 0.717) is 4.88 Å². The average Bonchev–Trinajstić information content (AvgIpc) is 2.43. The molecular formula is C12H16F2O2S. The van der Waals surface area contributed by atoms with Gasteiger partial charge in [-0.2, -0.15) is 0 Å². The number of aryl methyl sites for hydroxylation is 2. The molecule has 0 aliphatic carbocycles. The summed E-state index contributed by atoms with van der Waals surface area (Å²) in [5.74, 6) is -4.31. The van der Waals surface area contributed by atoms with Gasteiger partial charge in [0.25, 0.3) is 5.92 Å². The standard InChI is InChI=1S/C12H16F2O2S/c1-7-5-9(8(2)17-7)12(13,14)6-11(3,4)10(15)16/h5H,6H2,1-4H3,(H,15,16). The predicted molar refractivity (Wildman–Crippen MR) is 63.7 cm³/mol. The quantitative estimate of drug-likeness (QED) is 0.891. The molecule has 0 bridgehead atoms. The van der Waals surface area contributed by atoms with Crippen molar-refractivity contribution in [2.24, 2.45) is 5.41 Å². The number of halogens is 2. The molecule has 1 aromatic heterocycles. The second-order valence-electron chi connectivity index (χ2n) is 4.90. The molecule has 1 aromatic rings. The molecule has 0 unspecified atom stereocenters. The minimum Gasteiger partial charge on any atom is -0.481 e. The zero-order valence-electron chi connectivity index (χ0n) is 10.3. The van der Waals surface area contributed by atoms with Gasteiger partial charge >= 0.3 is 5.97 Å². The van der Waals surface area contributed by atoms with Crippen molar-refractivity contribution in [1.82, 2.24) is 0 Å². The number of rotatable bonds is 4. The molecule has 1 N–H and O–H groups in total. The summed E-state index contributed by atoms with van der Waals surface area (Å²) in [5, 5.41) is 8.90. The lowest BCUT2D eigenvalue weighted by atomic mass is 9.84. The maximum absolute atomic E-state index is 14.0. The van der Waals surface area contributed by atoms with Crippen molar-refractivity contribution < 1.29 is 18.7 Å². The highest BCUT2D eigenvalue weighted by atomic mass is 32.1. The highest BCUT2D eigenvalue weighted by Crippen LogP contribution is 2.43. The molecule has 1 heterocycles. The zero-order chi connectivity index (χ0) is 13.4. The van der Waals surface area contributed by atoms with E-state index in [4.69, 9.17) is 5.11 Å². The van der Waals surface area contributed by atoms with Crippen molar-refractivity contribution in [2.75, 3.05) is 0 Å². The number of carbonyl (C=O) groups is 1. The summed E-state index contributed by atoms with van der Waals surface area (Å²) in [4.78, 5) is 12.2. The van der Waals surface area contributed by atoms with Crippen LogP contribution in [-0.2, 0) is 10.7 Å². The smallest absolute Gasteiger partial charge is 0.309 e. The Kier molecular flexibility index (Phi) is 3.62. The number of aliphatic carboxylic acids is 1. The van der Waals surface area contributed by atoms with E-state index < -0.39 is 23.7 Å². The second kappa shape index (κ2) is 4.37. The predicted octanol–water partition coefficient (Wildman–Crippen LogP) is 3.96. The first-order valence-electron chi connectivity index (χ1n) is 5.25. The van der Waals surface area contributed by atoms with Crippen LogP contribution in [0.15, 0.2) is 6.07 Å². The normalized spacial score (nSPS) is 12.8. The third kappa shape index (κ3) is 3.03. The molecule has 96 valence electrons. The van der Waals surface area contributed by atoms with Gasteiger partial charge in [-0.05, 0) is 33.8 Å². The van der Waals surface area contributed by atoms with Crippen LogP contribution in [0.5, 0.6) is 0 Å². The molecule has 0 saturated carbocycles. The van der Waals surface area contributed by atoms with Gasteiger partial charge in [0.05, 0.1) is 5.41 Å². The molecule has 1 rings (SSSR count). The highest BCUT2D eigenvalue weighted by molar-refractivity contribution is 7.12. The van der Waals surface area contributed by atoms with Crippen molar-refractivity contribution >= 4 is 17.3 Å². The van der Waals surface area contributed by atoms with E-state index in [1.807, 2.05) is 0 Å². The Labute approximate surface area is 103 Å². The first kappa shape index (κ1) is 14.1. The molecule has 0 radical (unpaired) electrons. The SMILES string of the molecule is Cc1cc(C(F)(F)CC(C)(C)C(=O)O)c(C)s1. The van der Waals surface area contributed by atoms with Crippen molar-refractivity contribution in [1.29, 1.82) is 0 Å². The minimum absolute atomic E-state index is 0.0469. The van der Waals surface area contributed by atoms with Crippen molar-refractivity contribution in [3.05, 3.63) is 21.4 Å². The molecule has 0 atom stereocenters. The lowest BCUT2D eigenvalue weighted by molar-refractivity contribution is -0.153. The van der Waals surface area contributed by atoms with Crippen molar-refractivity contribution in [3.8, 4) is 0 Å². The summed E-state index contributed by atoms with van der Waals surface area (Å²) in [5.41, 5.74) is -1.49. The summed E-state index contributed by atoms with van der Waals surface area (Å²) < 4.78 is 28.1. The van der Waals surface area contributed by atoms with Crippen LogP contribution in [0.25, 0.3) is 0 Å². The topological polar surface area (TPSA) is 37.3 Å². The van der Waals surface area contributed by atoms with E-state index in [1.54, 1.807) is 13.8 Å². The van der Waals surface area contributed by atoms with Crippen LogP contribution in [0, 0.1) is 19.3 Å². The Bertz CT molecular complexity index is 436. The Morgan fingerprint density at radius 3 is 2.29 bits per heavy atom. The van der Waals surface area contributed by atoms with Gasteiger partial charge in [-0.3, -0.25) is 4.79 Å². The van der Waals surface area contributed by atoms with Crippen LogP contribution in [0.2, 0.25) is 0 Å². The summed E-state index contributed by atoms with van der Waals surface area (Å²) in [6.45, 7) is 6.03. The fraction of sp³-hybridized carbons (Fsp3) is 0.583. The number of hydrogen-bond donors (Lipinski definition) is 1. The third-order valence-electron chi connectivity index (χ3n) is 2.68. The first-order chi connectivity index (χ1) is 7.56. The zero-order valence-corrected chi connectivity index (χ0v) is 11.1. The number of alkyl halides is 2. The summed E-state index contributed by atoms with van der Waals surface area (Å²) >= 11 is 1.30. The van der Waals surface area contributed by atoms with Crippen LogP contribution in [0.4, 0.5) is 8.78 Å². The molecule has 2 nitrogen and oxygen atoms in total. The van der Waals surface area contributed by atoms with Crippen molar-refractivity contribution in [2.45, 2.75) is 40.0 Å². The molecule has 5 heteroatoms. The fourth-order valence-corrected chi connectivity index (χ4v) is 2.70. The van der Waals surface area contributed by atoms with E-state index in [-0.39, 0.29) is 5.56 Å². The van der Waals surface area contributed by atoms with Crippen LogP contribution >= 0.6 is 11.3 Å². The first-order valence-corrected chi connectivity index (χ1v) is 6.06. The molecular weight excluding hydrogens is 246 g/mol. The molecule has 0 spiro atoms. The van der Waals surface area contributed by atoms with Gasteiger partial charge in [-0.25, -0.2) is 8.78 Å². The molecule has 0 saturated heterocycles. The Morgan fingerprint density at radius 2 is 1.94 bits per heavy atom. The lowest BCUT2D eigenvalue weighted by Gasteiger charge is -2.25. The van der Waals surface area contributed by atoms with Gasteiger partial charge in [-0.15, -0.1) is 11.3 Å². The number of hydrogen-bond acceptors (Lipinski definition) is 2. The van der Waals surface area contributed by atoms with Crippen molar-refractivity contribution in [3.63, 3.8) is 0 Å². The average molecular weight is 262 g/mol. The van der Waals surface area contributed by atoms with Gasteiger partial charge in [0.15, 0.2) is 0 Å². The number of thiophene rings is 1. The minimum atomic E-state index is -3.10. The molecule has 0 fully saturated rings. The molecule has 0 aliphatic rings. The van der Waals surface area contributed by atoms with Gasteiger partial charge in [0, 0.05) is 21.7 Å². The van der Waals surface area contributed by atoms with Gasteiger partial charge in [0.2, 0.25) is 0 Å². The van der Waals surface area contributed by atoms with Gasteiger partial charge in [-0.1, -0.05) is 0 Å². The Morgan fingerprint density at radius 1 is 1.41 bits per heavy atom.